The molecule has 2 heteroatoms. The SMILES string of the molecule is CC1=C2COC(=O)[C@H](C)[C@H]2CC1. The highest BCUT2D eigenvalue weighted by atomic mass is 16.5. The second-order valence-corrected chi connectivity index (χ2v) is 3.85. The minimum Gasteiger partial charge on any atom is -0.461 e. The standard InChI is InChI=1S/C10H14O2/c1-6-3-4-8-7(2)10(11)12-5-9(6)8/h7-8H,3-5H2,1-2H3/t7-,8-/m1/s1. The molecule has 1 aliphatic heterocycles. The topological polar surface area (TPSA) is 26.3 Å². The lowest BCUT2D eigenvalue weighted by molar-refractivity contribution is -0.151. The second kappa shape index (κ2) is 2.61. The van der Waals surface area contributed by atoms with Crippen molar-refractivity contribution >= 4 is 5.97 Å². The minimum atomic E-state index is -0.0153. The highest BCUT2D eigenvalue weighted by Crippen LogP contribution is 2.39. The normalized spacial score (nSPS) is 35.0. The lowest BCUT2D eigenvalue weighted by atomic mass is 9.86. The van der Waals surface area contributed by atoms with Gasteiger partial charge in [0.15, 0.2) is 0 Å². The molecule has 66 valence electrons. The van der Waals surface area contributed by atoms with Crippen LogP contribution in [-0.2, 0) is 9.53 Å². The van der Waals surface area contributed by atoms with Gasteiger partial charge in [0.05, 0.1) is 5.92 Å². The van der Waals surface area contributed by atoms with E-state index in [1.165, 1.54) is 11.1 Å². The fourth-order valence-electron chi connectivity index (χ4n) is 2.25. The molecule has 0 unspecified atom stereocenters. The monoisotopic (exact) mass is 166 g/mol. The highest BCUT2D eigenvalue weighted by molar-refractivity contribution is 5.74. The van der Waals surface area contributed by atoms with Crippen LogP contribution in [0.15, 0.2) is 11.1 Å². The van der Waals surface area contributed by atoms with E-state index in [1.54, 1.807) is 0 Å². The maximum Gasteiger partial charge on any atom is 0.309 e. The fourth-order valence-corrected chi connectivity index (χ4v) is 2.25. The van der Waals surface area contributed by atoms with E-state index in [-0.39, 0.29) is 11.9 Å². The Morgan fingerprint density at radius 1 is 1.50 bits per heavy atom. The first-order chi connectivity index (χ1) is 5.70. The Morgan fingerprint density at radius 2 is 2.25 bits per heavy atom. The van der Waals surface area contributed by atoms with Crippen LogP contribution < -0.4 is 0 Å². The van der Waals surface area contributed by atoms with Gasteiger partial charge in [0, 0.05) is 0 Å². The van der Waals surface area contributed by atoms with Crippen LogP contribution in [0.25, 0.3) is 0 Å². The van der Waals surface area contributed by atoms with Gasteiger partial charge in [-0.05, 0) is 31.3 Å². The molecule has 0 amide bonds. The highest BCUT2D eigenvalue weighted by Gasteiger charge is 2.36. The van der Waals surface area contributed by atoms with Gasteiger partial charge in [-0.2, -0.15) is 0 Å². The Hall–Kier alpha value is -0.790. The zero-order valence-electron chi connectivity index (χ0n) is 7.59. The Morgan fingerprint density at radius 3 is 3.00 bits per heavy atom. The van der Waals surface area contributed by atoms with Gasteiger partial charge in [-0.15, -0.1) is 0 Å². The largest absolute Gasteiger partial charge is 0.461 e. The van der Waals surface area contributed by atoms with Crippen molar-refractivity contribution in [2.45, 2.75) is 26.7 Å². The van der Waals surface area contributed by atoms with E-state index in [1.807, 2.05) is 6.92 Å². The fraction of sp³-hybridized carbons (Fsp3) is 0.700. The third-order valence-corrected chi connectivity index (χ3v) is 3.17. The van der Waals surface area contributed by atoms with Crippen molar-refractivity contribution in [1.29, 1.82) is 0 Å². The van der Waals surface area contributed by atoms with Crippen molar-refractivity contribution in [3.05, 3.63) is 11.1 Å². The number of fused-ring (bicyclic) bond motifs is 1. The van der Waals surface area contributed by atoms with Crippen LogP contribution in [0.4, 0.5) is 0 Å². The van der Waals surface area contributed by atoms with Gasteiger partial charge in [0.2, 0.25) is 0 Å². The molecule has 0 aromatic heterocycles. The summed E-state index contributed by atoms with van der Waals surface area (Å²) in [7, 11) is 0. The number of rotatable bonds is 0. The van der Waals surface area contributed by atoms with Gasteiger partial charge >= 0.3 is 5.97 Å². The molecule has 1 fully saturated rings. The maximum atomic E-state index is 11.2. The van der Waals surface area contributed by atoms with Crippen LogP contribution >= 0.6 is 0 Å². The smallest absolute Gasteiger partial charge is 0.309 e. The van der Waals surface area contributed by atoms with Crippen LogP contribution in [-0.4, -0.2) is 12.6 Å². The van der Waals surface area contributed by atoms with Gasteiger partial charge in [-0.3, -0.25) is 4.79 Å². The first kappa shape index (κ1) is 7.84. The van der Waals surface area contributed by atoms with Crippen LogP contribution in [0.3, 0.4) is 0 Å². The molecule has 2 atom stereocenters. The first-order valence-electron chi connectivity index (χ1n) is 4.55. The molecule has 1 saturated heterocycles. The van der Waals surface area contributed by atoms with Crippen molar-refractivity contribution in [2.75, 3.05) is 6.61 Å². The van der Waals surface area contributed by atoms with E-state index in [4.69, 9.17) is 4.74 Å². The van der Waals surface area contributed by atoms with Gasteiger partial charge < -0.3 is 4.74 Å². The summed E-state index contributed by atoms with van der Waals surface area (Å²) in [6.07, 6.45) is 2.30. The summed E-state index contributed by atoms with van der Waals surface area (Å²) in [6.45, 7) is 4.69. The Labute approximate surface area is 72.6 Å². The van der Waals surface area contributed by atoms with Crippen molar-refractivity contribution in [2.24, 2.45) is 11.8 Å². The average molecular weight is 166 g/mol. The molecule has 0 saturated carbocycles. The van der Waals surface area contributed by atoms with Crippen molar-refractivity contribution < 1.29 is 9.53 Å². The first-order valence-corrected chi connectivity index (χ1v) is 4.55. The molecule has 0 radical (unpaired) electrons. The molecule has 2 nitrogen and oxygen atoms in total. The van der Waals surface area contributed by atoms with Crippen LogP contribution in [0, 0.1) is 11.8 Å². The number of hydrogen-bond acceptors (Lipinski definition) is 2. The number of esters is 1. The van der Waals surface area contributed by atoms with Crippen molar-refractivity contribution in [3.8, 4) is 0 Å². The zero-order valence-corrected chi connectivity index (χ0v) is 7.59. The molecular formula is C10H14O2. The van der Waals surface area contributed by atoms with Gasteiger partial charge in [0.1, 0.15) is 6.61 Å². The Bertz CT molecular complexity index is 253. The molecule has 1 aliphatic carbocycles. The molecule has 2 aliphatic rings. The van der Waals surface area contributed by atoms with E-state index in [9.17, 15) is 4.79 Å². The number of cyclic esters (lactones) is 1. The summed E-state index contributed by atoms with van der Waals surface area (Å²) in [5.74, 6) is 0.566. The molecule has 2 rings (SSSR count). The van der Waals surface area contributed by atoms with Crippen molar-refractivity contribution in [1.82, 2.24) is 0 Å². The average Bonchev–Trinajstić information content (AvgIpc) is 2.41. The summed E-state index contributed by atoms with van der Waals surface area (Å²) in [5, 5.41) is 0. The zero-order chi connectivity index (χ0) is 8.72. The summed E-state index contributed by atoms with van der Waals surface area (Å²) in [5.41, 5.74) is 2.83. The van der Waals surface area contributed by atoms with Gasteiger partial charge in [0.25, 0.3) is 0 Å². The molecule has 0 bridgehead atoms. The van der Waals surface area contributed by atoms with Gasteiger partial charge in [-0.1, -0.05) is 12.5 Å². The number of allylic oxidation sites excluding steroid dienone is 1. The molecular weight excluding hydrogens is 152 g/mol. The summed E-state index contributed by atoms with van der Waals surface area (Å²) >= 11 is 0. The summed E-state index contributed by atoms with van der Waals surface area (Å²) in [4.78, 5) is 11.2. The Balaban J connectivity index is 2.27. The van der Waals surface area contributed by atoms with Crippen LogP contribution in [0.5, 0.6) is 0 Å². The Kier molecular flexibility index (Phi) is 1.71. The van der Waals surface area contributed by atoms with E-state index in [2.05, 4.69) is 6.92 Å². The lowest BCUT2D eigenvalue weighted by Crippen LogP contribution is -2.30. The predicted molar refractivity (Wildman–Crippen MR) is 45.5 cm³/mol. The van der Waals surface area contributed by atoms with E-state index >= 15 is 0 Å². The number of carbonyl (C=O) groups is 1. The third-order valence-electron chi connectivity index (χ3n) is 3.17. The summed E-state index contributed by atoms with van der Waals surface area (Å²) < 4.78 is 5.08. The second-order valence-electron chi connectivity index (χ2n) is 3.85. The molecule has 0 spiro atoms. The molecule has 1 heterocycles. The molecule has 12 heavy (non-hydrogen) atoms. The third kappa shape index (κ3) is 0.977. The van der Waals surface area contributed by atoms with Crippen molar-refractivity contribution in [3.63, 3.8) is 0 Å². The van der Waals surface area contributed by atoms with Crippen LogP contribution in [0.1, 0.15) is 26.7 Å². The predicted octanol–water partition coefficient (Wildman–Crippen LogP) is 1.91. The lowest BCUT2D eigenvalue weighted by Gasteiger charge is -2.26. The number of ether oxygens (including phenoxy) is 1. The summed E-state index contributed by atoms with van der Waals surface area (Å²) in [6, 6.07) is 0. The molecule has 0 N–H and O–H groups in total. The van der Waals surface area contributed by atoms with E-state index < -0.39 is 0 Å². The number of hydrogen-bond donors (Lipinski definition) is 0. The molecule has 0 aromatic carbocycles. The minimum absolute atomic E-state index is 0.0153. The maximum absolute atomic E-state index is 11.2. The molecule has 0 aromatic rings. The quantitative estimate of drug-likeness (QED) is 0.406. The number of carbonyl (C=O) groups excluding carboxylic acids is 1. The van der Waals surface area contributed by atoms with E-state index in [0.29, 0.717) is 12.5 Å². The van der Waals surface area contributed by atoms with Gasteiger partial charge in [-0.25, -0.2) is 0 Å². The van der Waals surface area contributed by atoms with Crippen LogP contribution in [0.2, 0.25) is 0 Å². The van der Waals surface area contributed by atoms with E-state index in [0.717, 1.165) is 12.8 Å².